The lowest BCUT2D eigenvalue weighted by Gasteiger charge is -2.28. The molecule has 2 aliphatic heterocycles. The zero-order valence-corrected chi connectivity index (χ0v) is 23.5. The van der Waals surface area contributed by atoms with Crippen molar-refractivity contribution in [3.05, 3.63) is 132 Å². The Morgan fingerprint density at radius 2 is 1.35 bits per heavy atom. The third-order valence-electron chi connectivity index (χ3n) is 8.10. The molecule has 2 aliphatic rings. The fourth-order valence-corrected chi connectivity index (χ4v) is 5.94. The van der Waals surface area contributed by atoms with Gasteiger partial charge in [0.15, 0.2) is 5.69 Å². The number of quaternary nitrogens is 2. The number of piperidine rings is 1. The minimum absolute atomic E-state index is 0. The van der Waals surface area contributed by atoms with E-state index in [1.54, 1.807) is 17.0 Å². The van der Waals surface area contributed by atoms with E-state index in [-0.39, 0.29) is 18.2 Å². The highest BCUT2D eigenvalue weighted by atomic mass is 35.5. The van der Waals surface area contributed by atoms with E-state index in [1.807, 2.05) is 12.1 Å². The highest BCUT2D eigenvalue weighted by Gasteiger charge is 2.39. The van der Waals surface area contributed by atoms with Crippen LogP contribution in [0.15, 0.2) is 114 Å². The molecule has 0 aromatic heterocycles. The predicted octanol–water partition coefficient (Wildman–Crippen LogP) is 1.21. The van der Waals surface area contributed by atoms with Crippen LogP contribution in [0.25, 0.3) is 0 Å². The van der Waals surface area contributed by atoms with Gasteiger partial charge in [0.2, 0.25) is 0 Å². The van der Waals surface area contributed by atoms with Crippen LogP contribution in [0, 0.1) is 5.82 Å². The number of nitrogens with zero attached hydrogens (tertiary/aromatic N) is 2. The number of para-hydroxylation sites is 2. The molecule has 0 saturated carbocycles. The molecule has 0 amide bonds. The van der Waals surface area contributed by atoms with Crippen molar-refractivity contribution < 1.29 is 26.6 Å². The standard InChI is InChI=1S/C34H35FN4.ClH/c35-30-17-15-29(16-18-30)26-39-33-14-8-7-13-32(33)38(25-28-11-5-2-6-12-28)34(39)36-31-20-23-37(24-21-31)22-19-27-9-3-1-4-10-27;/h1-18,31H,19-26H2;1H/p+1. The number of guanidine groups is 1. The normalized spacial score (nSPS) is 21.2. The highest BCUT2D eigenvalue weighted by molar-refractivity contribution is 5.98. The number of aliphatic imine (C=N–C) groups is 1. The fourth-order valence-electron chi connectivity index (χ4n) is 5.94. The lowest BCUT2D eigenvalue weighted by atomic mass is 10.0. The largest absolute Gasteiger partial charge is 1.00 e. The Hall–Kier alpha value is -3.51. The van der Waals surface area contributed by atoms with Gasteiger partial charge in [-0.15, -0.1) is 0 Å². The summed E-state index contributed by atoms with van der Waals surface area (Å²) in [5, 5.41) is 0. The number of hydrogen-bond donors (Lipinski definition) is 2. The lowest BCUT2D eigenvalue weighted by molar-refractivity contribution is -0.904. The molecule has 6 heteroatoms. The van der Waals surface area contributed by atoms with Crippen molar-refractivity contribution in [1.82, 2.24) is 0 Å². The van der Waals surface area contributed by atoms with Crippen LogP contribution in [0.3, 0.4) is 0 Å². The topological polar surface area (TPSA) is 24.5 Å². The summed E-state index contributed by atoms with van der Waals surface area (Å²) in [5.74, 6) is 0.888. The molecule has 0 spiro atoms. The second kappa shape index (κ2) is 13.2. The fraction of sp³-hybridized carbons (Fsp3) is 0.265. The third-order valence-corrected chi connectivity index (χ3v) is 8.10. The molecular formula is C34H37ClFN4+. The number of likely N-dealkylation sites (tertiary alicyclic amines) is 1. The number of halogens is 2. The molecule has 1 atom stereocenters. The summed E-state index contributed by atoms with van der Waals surface area (Å²) in [7, 11) is 0. The molecule has 4 aromatic rings. The van der Waals surface area contributed by atoms with Crippen LogP contribution in [0.2, 0.25) is 0 Å². The second-order valence-corrected chi connectivity index (χ2v) is 10.8. The molecule has 206 valence electrons. The molecule has 4 aromatic carbocycles. The molecule has 0 aliphatic carbocycles. The summed E-state index contributed by atoms with van der Waals surface area (Å²) in [6.07, 6.45) is 3.34. The van der Waals surface area contributed by atoms with E-state index in [4.69, 9.17) is 4.99 Å². The minimum atomic E-state index is -0.198. The van der Waals surface area contributed by atoms with Crippen LogP contribution in [0.4, 0.5) is 15.8 Å². The first-order chi connectivity index (χ1) is 19.2. The van der Waals surface area contributed by atoms with Crippen molar-refractivity contribution >= 4 is 17.3 Å². The molecule has 1 saturated heterocycles. The Bertz CT molecular complexity index is 1390. The van der Waals surface area contributed by atoms with Crippen molar-refractivity contribution in [3.63, 3.8) is 0 Å². The molecule has 40 heavy (non-hydrogen) atoms. The van der Waals surface area contributed by atoms with Crippen LogP contribution in [0.5, 0.6) is 0 Å². The molecule has 0 bridgehead atoms. The number of benzene rings is 4. The lowest BCUT2D eigenvalue weighted by Crippen LogP contribution is -3.13. The number of rotatable bonds is 8. The van der Waals surface area contributed by atoms with Gasteiger partial charge in [-0.05, 0) is 29.3 Å². The zero-order valence-electron chi connectivity index (χ0n) is 22.8. The van der Waals surface area contributed by atoms with Crippen LogP contribution < -0.4 is 27.1 Å². The maximum atomic E-state index is 13.7. The van der Waals surface area contributed by atoms with Crippen LogP contribution in [-0.2, 0) is 19.5 Å². The SMILES string of the molecule is Fc1ccc(C[NH+]2C(=NC3CC[NH+](CCc4ccccc4)CC3)N(Cc3ccccc3)c3ccccc32)cc1.[Cl-]. The monoisotopic (exact) mass is 555 g/mol. The van der Waals surface area contributed by atoms with Crippen molar-refractivity contribution in [2.24, 2.45) is 4.99 Å². The van der Waals surface area contributed by atoms with Gasteiger partial charge in [0.05, 0.1) is 32.2 Å². The molecule has 6 rings (SSSR count). The number of nitrogens with one attached hydrogen (secondary N) is 2. The van der Waals surface area contributed by atoms with Crippen LogP contribution in [0.1, 0.15) is 29.5 Å². The van der Waals surface area contributed by atoms with Gasteiger partial charge < -0.3 is 17.3 Å². The van der Waals surface area contributed by atoms with Crippen LogP contribution in [-0.4, -0.2) is 31.6 Å². The highest BCUT2D eigenvalue weighted by Crippen LogP contribution is 2.30. The smallest absolute Gasteiger partial charge is 0.309 e. The van der Waals surface area contributed by atoms with Gasteiger partial charge in [0.25, 0.3) is 0 Å². The van der Waals surface area contributed by atoms with E-state index >= 15 is 0 Å². The minimum Gasteiger partial charge on any atom is -1.00 e. The van der Waals surface area contributed by atoms with E-state index in [2.05, 4.69) is 89.8 Å². The van der Waals surface area contributed by atoms with E-state index < -0.39 is 0 Å². The van der Waals surface area contributed by atoms with E-state index in [9.17, 15) is 4.39 Å². The molecular weight excluding hydrogens is 519 g/mol. The van der Waals surface area contributed by atoms with Gasteiger partial charge in [0.1, 0.15) is 18.0 Å². The average Bonchev–Trinajstić information content (AvgIpc) is 3.26. The Labute approximate surface area is 243 Å². The molecule has 2 heterocycles. The first kappa shape index (κ1) is 28.0. The van der Waals surface area contributed by atoms with Gasteiger partial charge in [-0.25, -0.2) is 14.3 Å². The molecule has 4 nitrogen and oxygen atoms in total. The van der Waals surface area contributed by atoms with Gasteiger partial charge >= 0.3 is 5.96 Å². The van der Waals surface area contributed by atoms with Gasteiger partial charge in [-0.2, -0.15) is 0 Å². The first-order valence-corrected chi connectivity index (χ1v) is 14.2. The second-order valence-electron chi connectivity index (χ2n) is 10.8. The number of hydrogen-bond acceptors (Lipinski definition) is 1. The first-order valence-electron chi connectivity index (χ1n) is 14.2. The third kappa shape index (κ3) is 6.61. The molecule has 1 unspecified atom stereocenters. The van der Waals surface area contributed by atoms with Crippen molar-refractivity contribution in [2.45, 2.75) is 38.4 Å². The number of fused-ring (bicyclic) bond motifs is 1. The van der Waals surface area contributed by atoms with Crippen molar-refractivity contribution in [2.75, 3.05) is 24.5 Å². The van der Waals surface area contributed by atoms with Crippen LogP contribution >= 0.6 is 0 Å². The molecule has 0 radical (unpaired) electrons. The number of anilines is 1. The Kier molecular flexibility index (Phi) is 9.27. The summed E-state index contributed by atoms with van der Waals surface area (Å²) in [5.41, 5.74) is 6.25. The maximum absolute atomic E-state index is 13.7. The van der Waals surface area contributed by atoms with Crippen molar-refractivity contribution in [3.8, 4) is 0 Å². The summed E-state index contributed by atoms with van der Waals surface area (Å²) in [6, 6.07) is 37.3. The zero-order chi connectivity index (χ0) is 26.4. The molecule has 2 N–H and O–H groups in total. The average molecular weight is 556 g/mol. The molecule has 1 fully saturated rings. The Morgan fingerprint density at radius 3 is 2.05 bits per heavy atom. The predicted molar refractivity (Wildman–Crippen MR) is 156 cm³/mol. The summed E-state index contributed by atoms with van der Waals surface area (Å²) >= 11 is 0. The maximum Gasteiger partial charge on any atom is 0.309 e. The quantitative estimate of drug-likeness (QED) is 0.336. The Morgan fingerprint density at radius 1 is 0.725 bits per heavy atom. The summed E-state index contributed by atoms with van der Waals surface area (Å²) < 4.78 is 13.7. The van der Waals surface area contributed by atoms with E-state index in [0.29, 0.717) is 6.04 Å². The van der Waals surface area contributed by atoms with Gasteiger partial charge in [0, 0.05) is 30.9 Å². The van der Waals surface area contributed by atoms with Crippen molar-refractivity contribution in [1.29, 1.82) is 0 Å². The van der Waals surface area contributed by atoms with Gasteiger partial charge in [-0.1, -0.05) is 84.9 Å². The Balaban J connectivity index is 0.00000323. The van der Waals surface area contributed by atoms with E-state index in [1.165, 1.54) is 33.9 Å². The summed E-state index contributed by atoms with van der Waals surface area (Å²) in [6.45, 7) is 5.02. The van der Waals surface area contributed by atoms with E-state index in [0.717, 1.165) is 57.0 Å². The summed E-state index contributed by atoms with van der Waals surface area (Å²) in [4.78, 5) is 10.8. The van der Waals surface area contributed by atoms with Gasteiger partial charge in [-0.3, -0.25) is 4.90 Å².